The zero-order chi connectivity index (χ0) is 14.5. The first-order valence-corrected chi connectivity index (χ1v) is 7.16. The minimum atomic E-state index is 0.108. The van der Waals surface area contributed by atoms with Gasteiger partial charge in [0, 0.05) is 31.1 Å². The van der Waals surface area contributed by atoms with E-state index in [1.807, 2.05) is 30.2 Å². The van der Waals surface area contributed by atoms with Gasteiger partial charge in [0.1, 0.15) is 5.82 Å². The first-order valence-electron chi connectivity index (χ1n) is 7.16. The molecule has 0 aromatic carbocycles. The predicted molar refractivity (Wildman–Crippen MR) is 79.5 cm³/mol. The van der Waals surface area contributed by atoms with Crippen LogP contribution < -0.4 is 5.32 Å². The average molecular weight is 273 g/mol. The van der Waals surface area contributed by atoms with E-state index in [1.165, 1.54) is 0 Å². The van der Waals surface area contributed by atoms with E-state index in [0.29, 0.717) is 6.04 Å². The van der Waals surface area contributed by atoms with Crippen LogP contribution in [0.15, 0.2) is 24.7 Å². The second kappa shape index (κ2) is 6.61. The number of aromatic nitrogens is 4. The largest absolute Gasteiger partial charge is 0.307 e. The molecular formula is C15H23N5. The average Bonchev–Trinajstić information content (AvgIpc) is 2.88. The van der Waals surface area contributed by atoms with Crippen molar-refractivity contribution in [3.05, 3.63) is 41.7 Å². The highest BCUT2D eigenvalue weighted by Crippen LogP contribution is 2.15. The Hall–Kier alpha value is -1.75. The summed E-state index contributed by atoms with van der Waals surface area (Å²) in [6.07, 6.45) is 6.55. The standard InChI is InChI=1S/C15H23N5/c1-5-16-14(15-17-9-12(4)10-18-15)8-13-6-7-20(19-13)11(2)3/h6-7,9-11,14,16H,5,8H2,1-4H3. The third kappa shape index (κ3) is 3.63. The van der Waals surface area contributed by atoms with Gasteiger partial charge < -0.3 is 5.32 Å². The van der Waals surface area contributed by atoms with E-state index in [1.54, 1.807) is 0 Å². The SMILES string of the molecule is CCNC(Cc1ccn(C(C)C)n1)c1ncc(C)cn1. The fourth-order valence-corrected chi connectivity index (χ4v) is 2.07. The Labute approximate surface area is 120 Å². The molecule has 0 aliphatic heterocycles. The number of nitrogens with one attached hydrogen (secondary N) is 1. The number of hydrogen-bond donors (Lipinski definition) is 1. The number of likely N-dealkylation sites (N-methyl/N-ethyl adjacent to an activating group) is 1. The Morgan fingerprint density at radius 3 is 2.50 bits per heavy atom. The molecule has 0 amide bonds. The highest BCUT2D eigenvalue weighted by Gasteiger charge is 2.15. The van der Waals surface area contributed by atoms with Gasteiger partial charge >= 0.3 is 0 Å². The quantitative estimate of drug-likeness (QED) is 0.878. The van der Waals surface area contributed by atoms with Crippen molar-refractivity contribution in [1.82, 2.24) is 25.1 Å². The summed E-state index contributed by atoms with van der Waals surface area (Å²) in [5.74, 6) is 0.830. The number of rotatable bonds is 6. The van der Waals surface area contributed by atoms with Crippen LogP contribution in [-0.2, 0) is 6.42 Å². The van der Waals surface area contributed by atoms with Crippen molar-refractivity contribution in [1.29, 1.82) is 0 Å². The molecule has 108 valence electrons. The maximum absolute atomic E-state index is 4.60. The van der Waals surface area contributed by atoms with Gasteiger partial charge in [-0.05, 0) is 38.9 Å². The van der Waals surface area contributed by atoms with Gasteiger partial charge in [-0.2, -0.15) is 5.10 Å². The van der Waals surface area contributed by atoms with Crippen LogP contribution in [0.25, 0.3) is 0 Å². The molecule has 2 aromatic rings. The van der Waals surface area contributed by atoms with E-state index in [0.717, 1.165) is 30.0 Å². The van der Waals surface area contributed by atoms with Crippen LogP contribution in [0.2, 0.25) is 0 Å². The molecule has 0 radical (unpaired) electrons. The third-order valence-electron chi connectivity index (χ3n) is 3.17. The van der Waals surface area contributed by atoms with Gasteiger partial charge in [0.15, 0.2) is 0 Å². The minimum absolute atomic E-state index is 0.108. The summed E-state index contributed by atoms with van der Waals surface area (Å²) in [4.78, 5) is 8.85. The molecule has 0 aliphatic rings. The monoisotopic (exact) mass is 273 g/mol. The summed E-state index contributed by atoms with van der Waals surface area (Å²) in [5.41, 5.74) is 2.14. The molecule has 5 nitrogen and oxygen atoms in total. The fraction of sp³-hybridized carbons (Fsp3) is 0.533. The molecule has 0 saturated carbocycles. The van der Waals surface area contributed by atoms with Crippen molar-refractivity contribution < 1.29 is 0 Å². The summed E-state index contributed by atoms with van der Waals surface area (Å²) in [5, 5.41) is 8.03. The number of hydrogen-bond acceptors (Lipinski definition) is 4. The molecule has 2 heterocycles. The Kier molecular flexibility index (Phi) is 4.84. The molecule has 2 rings (SSSR count). The summed E-state index contributed by atoms with van der Waals surface area (Å²) < 4.78 is 1.98. The van der Waals surface area contributed by atoms with Crippen LogP contribution in [0, 0.1) is 6.92 Å². The van der Waals surface area contributed by atoms with E-state index < -0.39 is 0 Å². The van der Waals surface area contributed by atoms with Crippen molar-refractivity contribution in [3.8, 4) is 0 Å². The van der Waals surface area contributed by atoms with Crippen molar-refractivity contribution in [2.75, 3.05) is 6.54 Å². The number of nitrogens with zero attached hydrogens (tertiary/aromatic N) is 4. The lowest BCUT2D eigenvalue weighted by Gasteiger charge is -2.15. The van der Waals surface area contributed by atoms with Crippen molar-refractivity contribution in [3.63, 3.8) is 0 Å². The smallest absolute Gasteiger partial charge is 0.145 e. The molecule has 0 bridgehead atoms. The van der Waals surface area contributed by atoms with Crippen molar-refractivity contribution in [2.24, 2.45) is 0 Å². The Morgan fingerprint density at radius 2 is 1.95 bits per heavy atom. The topological polar surface area (TPSA) is 55.6 Å². The van der Waals surface area contributed by atoms with E-state index >= 15 is 0 Å². The molecule has 1 N–H and O–H groups in total. The van der Waals surface area contributed by atoms with Crippen molar-refractivity contribution >= 4 is 0 Å². The molecule has 1 atom stereocenters. The van der Waals surface area contributed by atoms with Gasteiger partial charge in [-0.3, -0.25) is 4.68 Å². The zero-order valence-electron chi connectivity index (χ0n) is 12.7. The second-order valence-corrected chi connectivity index (χ2v) is 5.31. The maximum atomic E-state index is 4.60. The van der Waals surface area contributed by atoms with E-state index in [-0.39, 0.29) is 6.04 Å². The molecule has 0 fully saturated rings. The third-order valence-corrected chi connectivity index (χ3v) is 3.17. The number of aryl methyl sites for hydroxylation is 1. The van der Waals surface area contributed by atoms with Crippen LogP contribution in [0.1, 0.15) is 49.9 Å². The fourth-order valence-electron chi connectivity index (χ4n) is 2.07. The van der Waals surface area contributed by atoms with Crippen LogP contribution >= 0.6 is 0 Å². The molecule has 1 unspecified atom stereocenters. The summed E-state index contributed by atoms with van der Waals surface area (Å²) in [6, 6.07) is 2.56. The lowest BCUT2D eigenvalue weighted by Crippen LogP contribution is -2.25. The first-order chi connectivity index (χ1) is 9.60. The van der Waals surface area contributed by atoms with Crippen LogP contribution in [0.4, 0.5) is 0 Å². The molecule has 2 aromatic heterocycles. The Bertz CT molecular complexity index is 529. The van der Waals surface area contributed by atoms with Gasteiger partial charge in [-0.1, -0.05) is 6.92 Å². The van der Waals surface area contributed by atoms with E-state index in [9.17, 15) is 0 Å². The zero-order valence-corrected chi connectivity index (χ0v) is 12.7. The van der Waals surface area contributed by atoms with Gasteiger partial charge in [0.05, 0.1) is 11.7 Å². The normalized spacial score (nSPS) is 12.8. The lowest BCUT2D eigenvalue weighted by atomic mass is 10.1. The van der Waals surface area contributed by atoms with Crippen LogP contribution in [-0.4, -0.2) is 26.3 Å². The Morgan fingerprint density at radius 1 is 1.25 bits per heavy atom. The van der Waals surface area contributed by atoms with Gasteiger partial charge in [0.2, 0.25) is 0 Å². The highest BCUT2D eigenvalue weighted by atomic mass is 15.3. The van der Waals surface area contributed by atoms with Gasteiger partial charge in [-0.15, -0.1) is 0 Å². The molecule has 0 aliphatic carbocycles. The van der Waals surface area contributed by atoms with Gasteiger partial charge in [0.25, 0.3) is 0 Å². The molecule has 5 heteroatoms. The second-order valence-electron chi connectivity index (χ2n) is 5.31. The van der Waals surface area contributed by atoms with E-state index in [2.05, 4.69) is 47.2 Å². The van der Waals surface area contributed by atoms with E-state index in [4.69, 9.17) is 0 Å². The highest BCUT2D eigenvalue weighted by molar-refractivity contribution is 5.09. The Balaban J connectivity index is 2.14. The summed E-state index contributed by atoms with van der Waals surface area (Å²) in [6.45, 7) is 9.22. The van der Waals surface area contributed by atoms with Crippen molar-refractivity contribution in [2.45, 2.75) is 46.2 Å². The van der Waals surface area contributed by atoms with Gasteiger partial charge in [-0.25, -0.2) is 9.97 Å². The molecular weight excluding hydrogens is 250 g/mol. The summed E-state index contributed by atoms with van der Waals surface area (Å²) >= 11 is 0. The molecule has 0 spiro atoms. The van der Waals surface area contributed by atoms with Crippen LogP contribution in [0.3, 0.4) is 0 Å². The lowest BCUT2D eigenvalue weighted by molar-refractivity contribution is 0.494. The molecule has 0 saturated heterocycles. The predicted octanol–water partition coefficient (Wildman–Crippen LogP) is 2.46. The molecule has 20 heavy (non-hydrogen) atoms. The van der Waals surface area contributed by atoms with Crippen LogP contribution in [0.5, 0.6) is 0 Å². The first kappa shape index (κ1) is 14.7. The maximum Gasteiger partial charge on any atom is 0.145 e. The minimum Gasteiger partial charge on any atom is -0.307 e. The summed E-state index contributed by atoms with van der Waals surface area (Å²) in [7, 11) is 0.